The van der Waals surface area contributed by atoms with Crippen molar-refractivity contribution < 1.29 is 18.7 Å². The lowest BCUT2D eigenvalue weighted by atomic mass is 9.85. The number of hydrogen-bond donors (Lipinski definition) is 1. The second-order valence-electron chi connectivity index (χ2n) is 8.48. The molecule has 1 aliphatic heterocycles. The van der Waals surface area contributed by atoms with Crippen LogP contribution in [0.15, 0.2) is 66.7 Å². The Labute approximate surface area is 187 Å². The third-order valence-electron chi connectivity index (χ3n) is 5.55. The van der Waals surface area contributed by atoms with Crippen molar-refractivity contribution in [3.05, 3.63) is 89.2 Å². The number of allylic oxidation sites excluding steroid dienone is 1. The largest absolute Gasteiger partial charge is 0.496 e. The maximum absolute atomic E-state index is 13.8. The first kappa shape index (κ1) is 21.6. The number of carbonyl (C=O) groups excluding carboxylic acids is 1. The van der Waals surface area contributed by atoms with Gasteiger partial charge in [-0.25, -0.2) is 9.18 Å². The van der Waals surface area contributed by atoms with Gasteiger partial charge in [0.25, 0.3) is 0 Å². The Bertz CT molecular complexity index is 1200. The lowest BCUT2D eigenvalue weighted by Gasteiger charge is -2.33. The van der Waals surface area contributed by atoms with Crippen LogP contribution >= 0.6 is 0 Å². The number of ether oxygens (including phenoxy) is 2. The van der Waals surface area contributed by atoms with Crippen LogP contribution in [0.4, 0.5) is 10.1 Å². The van der Waals surface area contributed by atoms with Gasteiger partial charge in [0.1, 0.15) is 18.2 Å². The van der Waals surface area contributed by atoms with Crippen LogP contribution in [0.1, 0.15) is 42.3 Å². The summed E-state index contributed by atoms with van der Waals surface area (Å²) in [5.41, 5.74) is 5.72. The van der Waals surface area contributed by atoms with E-state index in [0.717, 1.165) is 33.5 Å². The molecule has 4 rings (SSSR count). The number of carbonyl (C=O) groups is 1. The molecule has 0 aliphatic carbocycles. The summed E-state index contributed by atoms with van der Waals surface area (Å²) in [6.45, 7) is 6.33. The van der Waals surface area contributed by atoms with Crippen LogP contribution in [0.5, 0.6) is 5.75 Å². The molecule has 5 heteroatoms. The number of nitrogens with one attached hydrogen (secondary N) is 1. The first-order valence-electron chi connectivity index (χ1n) is 10.5. The van der Waals surface area contributed by atoms with Crippen molar-refractivity contribution in [2.75, 3.05) is 12.4 Å². The zero-order chi connectivity index (χ0) is 22.9. The van der Waals surface area contributed by atoms with E-state index >= 15 is 0 Å². The van der Waals surface area contributed by atoms with Crippen LogP contribution in [0.2, 0.25) is 0 Å². The van der Waals surface area contributed by atoms with Crippen molar-refractivity contribution in [1.29, 1.82) is 0 Å². The Hall–Kier alpha value is -3.60. The van der Waals surface area contributed by atoms with E-state index in [2.05, 4.69) is 32.2 Å². The summed E-state index contributed by atoms with van der Waals surface area (Å²) in [5.74, 6) is -0.350. The molecule has 0 saturated carbocycles. The van der Waals surface area contributed by atoms with Crippen LogP contribution in [0.25, 0.3) is 16.7 Å². The molecule has 0 atom stereocenters. The summed E-state index contributed by atoms with van der Waals surface area (Å²) < 4.78 is 25.0. The van der Waals surface area contributed by atoms with Gasteiger partial charge in [-0.15, -0.1) is 0 Å². The summed E-state index contributed by atoms with van der Waals surface area (Å²) in [6, 6.07) is 17.3. The fourth-order valence-corrected chi connectivity index (χ4v) is 4.28. The molecule has 3 aromatic rings. The van der Waals surface area contributed by atoms with Crippen LogP contribution in [0, 0.1) is 5.82 Å². The number of esters is 1. The third kappa shape index (κ3) is 4.24. The first-order valence-corrected chi connectivity index (χ1v) is 10.5. The minimum atomic E-state index is -0.397. The molecular formula is C27H26FNO3. The zero-order valence-electron chi connectivity index (χ0n) is 18.7. The van der Waals surface area contributed by atoms with Crippen molar-refractivity contribution >= 4 is 17.2 Å². The highest BCUT2D eigenvalue weighted by atomic mass is 19.1. The quantitative estimate of drug-likeness (QED) is 0.471. The van der Waals surface area contributed by atoms with E-state index in [1.54, 1.807) is 30.3 Å². The van der Waals surface area contributed by atoms with Crippen LogP contribution in [-0.2, 0) is 11.3 Å². The van der Waals surface area contributed by atoms with Gasteiger partial charge >= 0.3 is 5.97 Å². The molecule has 164 valence electrons. The molecule has 1 N–H and O–H groups in total. The van der Waals surface area contributed by atoms with Crippen molar-refractivity contribution in [1.82, 2.24) is 0 Å². The molecule has 0 fully saturated rings. The predicted molar refractivity (Wildman–Crippen MR) is 125 cm³/mol. The number of hydrogen-bond acceptors (Lipinski definition) is 4. The Morgan fingerprint density at radius 2 is 1.75 bits per heavy atom. The smallest absolute Gasteiger partial charge is 0.338 e. The fraction of sp³-hybridized carbons (Fsp3) is 0.222. The van der Waals surface area contributed by atoms with Gasteiger partial charge in [-0.05, 0) is 62.2 Å². The maximum atomic E-state index is 13.8. The maximum Gasteiger partial charge on any atom is 0.338 e. The topological polar surface area (TPSA) is 47.6 Å². The van der Waals surface area contributed by atoms with Gasteiger partial charge in [-0.1, -0.05) is 30.3 Å². The number of methoxy groups -OCH3 is 1. The second-order valence-corrected chi connectivity index (χ2v) is 8.48. The number of benzene rings is 3. The highest BCUT2D eigenvalue weighted by Gasteiger charge is 2.27. The molecular weight excluding hydrogens is 405 g/mol. The summed E-state index contributed by atoms with van der Waals surface area (Å²) in [4.78, 5) is 12.7. The number of rotatable bonds is 5. The highest BCUT2D eigenvalue weighted by Crippen LogP contribution is 2.42. The summed E-state index contributed by atoms with van der Waals surface area (Å²) in [6.07, 6.45) is 2.16. The average Bonchev–Trinajstić information content (AvgIpc) is 2.77. The van der Waals surface area contributed by atoms with E-state index in [9.17, 15) is 9.18 Å². The summed E-state index contributed by atoms with van der Waals surface area (Å²) >= 11 is 0. The molecule has 3 aromatic carbocycles. The van der Waals surface area contributed by atoms with Gasteiger partial charge in [0.05, 0.1) is 18.2 Å². The van der Waals surface area contributed by atoms with Crippen molar-refractivity contribution in [3.8, 4) is 16.9 Å². The molecule has 0 aromatic heterocycles. The minimum absolute atomic E-state index is 0.0695. The van der Waals surface area contributed by atoms with Gasteiger partial charge in [-0.2, -0.15) is 0 Å². The Morgan fingerprint density at radius 3 is 2.47 bits per heavy atom. The van der Waals surface area contributed by atoms with E-state index in [-0.39, 0.29) is 18.0 Å². The number of halogens is 1. The molecule has 4 nitrogen and oxygen atoms in total. The Morgan fingerprint density at radius 1 is 1.03 bits per heavy atom. The standard InChI is InChI=1S/C27H26FNO3/c1-17-15-27(2,3)29-23-13-12-20(21-11-10-19(28)14-24(21)31-4)22(25(17)23)16-32-26(30)18-8-6-5-7-9-18/h5-15,29H,16H2,1-4H3. The van der Waals surface area contributed by atoms with Crippen molar-refractivity contribution in [2.24, 2.45) is 0 Å². The molecule has 0 bridgehead atoms. The number of fused-ring (bicyclic) bond motifs is 1. The second kappa shape index (κ2) is 8.50. The SMILES string of the molecule is COc1cc(F)ccc1-c1ccc2c(c1COC(=O)c1ccccc1)C(C)=CC(C)(C)N2. The molecule has 0 amide bonds. The third-order valence-corrected chi connectivity index (χ3v) is 5.55. The van der Waals surface area contributed by atoms with Crippen LogP contribution < -0.4 is 10.1 Å². The lowest BCUT2D eigenvalue weighted by Crippen LogP contribution is -2.32. The molecule has 0 radical (unpaired) electrons. The van der Waals surface area contributed by atoms with E-state index in [1.165, 1.54) is 19.2 Å². The Balaban J connectivity index is 1.83. The van der Waals surface area contributed by atoms with E-state index in [4.69, 9.17) is 9.47 Å². The Kier molecular flexibility index (Phi) is 5.74. The van der Waals surface area contributed by atoms with E-state index < -0.39 is 5.97 Å². The molecule has 0 spiro atoms. The van der Waals surface area contributed by atoms with E-state index in [1.807, 2.05) is 18.2 Å². The van der Waals surface area contributed by atoms with Crippen molar-refractivity contribution in [2.45, 2.75) is 32.9 Å². The van der Waals surface area contributed by atoms with Gasteiger partial charge < -0.3 is 14.8 Å². The molecule has 1 heterocycles. The van der Waals surface area contributed by atoms with Crippen molar-refractivity contribution in [3.63, 3.8) is 0 Å². The van der Waals surface area contributed by atoms with Crippen LogP contribution in [-0.4, -0.2) is 18.6 Å². The first-order chi connectivity index (χ1) is 15.3. The summed E-state index contributed by atoms with van der Waals surface area (Å²) in [7, 11) is 1.51. The number of anilines is 1. The van der Waals surface area contributed by atoms with E-state index in [0.29, 0.717) is 11.3 Å². The summed E-state index contributed by atoms with van der Waals surface area (Å²) in [5, 5.41) is 3.53. The van der Waals surface area contributed by atoms with Gasteiger partial charge in [0.2, 0.25) is 0 Å². The molecule has 0 saturated heterocycles. The average molecular weight is 432 g/mol. The highest BCUT2D eigenvalue weighted by molar-refractivity contribution is 5.91. The fourth-order valence-electron chi connectivity index (χ4n) is 4.28. The van der Waals surface area contributed by atoms with Gasteiger partial charge in [0, 0.05) is 28.4 Å². The molecule has 32 heavy (non-hydrogen) atoms. The minimum Gasteiger partial charge on any atom is -0.496 e. The lowest BCUT2D eigenvalue weighted by molar-refractivity contribution is 0.0473. The predicted octanol–water partition coefficient (Wildman–Crippen LogP) is 6.47. The van der Waals surface area contributed by atoms with Gasteiger partial charge in [0.15, 0.2) is 0 Å². The zero-order valence-corrected chi connectivity index (χ0v) is 18.7. The molecule has 1 aliphatic rings. The van der Waals surface area contributed by atoms with Gasteiger partial charge in [-0.3, -0.25) is 0 Å². The van der Waals surface area contributed by atoms with Crippen LogP contribution in [0.3, 0.4) is 0 Å². The monoisotopic (exact) mass is 431 g/mol. The normalized spacial score (nSPS) is 14.1. The molecule has 0 unspecified atom stereocenters.